The number of rotatable bonds is 5. The molecule has 0 saturated carbocycles. The summed E-state index contributed by atoms with van der Waals surface area (Å²) in [6.45, 7) is 0.867. The summed E-state index contributed by atoms with van der Waals surface area (Å²) >= 11 is 3.12. The standard InChI is InChI=1S/C14H14N4S2/c15-13-12(11-2-1-5-16-8-11)14(20-18-13)17-6-3-10-4-7-19-9-10/h1-2,4-5,7-9,17H,3,6H2,(H2,15,18). The van der Waals surface area contributed by atoms with Crippen LogP contribution < -0.4 is 11.1 Å². The molecular formula is C14H14N4S2. The van der Waals surface area contributed by atoms with E-state index in [1.54, 1.807) is 17.5 Å². The lowest BCUT2D eigenvalue weighted by Gasteiger charge is -2.06. The van der Waals surface area contributed by atoms with Gasteiger partial charge in [0.2, 0.25) is 0 Å². The number of nitrogens with two attached hydrogens (primary N) is 1. The second-order valence-corrected chi connectivity index (χ2v) is 5.88. The van der Waals surface area contributed by atoms with Gasteiger partial charge in [-0.05, 0) is 46.4 Å². The van der Waals surface area contributed by atoms with E-state index >= 15 is 0 Å². The van der Waals surface area contributed by atoms with E-state index in [0.717, 1.165) is 29.1 Å². The van der Waals surface area contributed by atoms with Crippen LogP contribution >= 0.6 is 22.9 Å². The molecule has 3 N–H and O–H groups in total. The Bertz CT molecular complexity index is 662. The van der Waals surface area contributed by atoms with Crippen molar-refractivity contribution in [3.63, 3.8) is 0 Å². The van der Waals surface area contributed by atoms with Gasteiger partial charge < -0.3 is 11.1 Å². The highest BCUT2D eigenvalue weighted by Gasteiger charge is 2.13. The third kappa shape index (κ3) is 2.81. The van der Waals surface area contributed by atoms with Crippen molar-refractivity contribution in [2.24, 2.45) is 0 Å². The van der Waals surface area contributed by atoms with Crippen LogP contribution in [0.2, 0.25) is 0 Å². The highest BCUT2D eigenvalue weighted by atomic mass is 32.1. The Hall–Kier alpha value is -1.92. The van der Waals surface area contributed by atoms with Crippen molar-refractivity contribution >= 4 is 33.7 Å². The zero-order valence-electron chi connectivity index (χ0n) is 10.7. The zero-order valence-corrected chi connectivity index (χ0v) is 12.4. The number of hydrogen-bond acceptors (Lipinski definition) is 6. The monoisotopic (exact) mass is 302 g/mol. The molecule has 3 heterocycles. The van der Waals surface area contributed by atoms with Crippen molar-refractivity contribution in [2.75, 3.05) is 17.6 Å². The first-order valence-corrected chi connectivity index (χ1v) is 7.96. The zero-order chi connectivity index (χ0) is 13.8. The van der Waals surface area contributed by atoms with Gasteiger partial charge in [-0.25, -0.2) is 0 Å². The molecule has 0 bridgehead atoms. The maximum atomic E-state index is 5.97. The largest absolute Gasteiger partial charge is 0.382 e. The molecule has 0 amide bonds. The van der Waals surface area contributed by atoms with E-state index in [4.69, 9.17) is 5.73 Å². The summed E-state index contributed by atoms with van der Waals surface area (Å²) in [6.07, 6.45) is 4.56. The van der Waals surface area contributed by atoms with Gasteiger partial charge in [-0.1, -0.05) is 6.07 Å². The number of nitrogens with one attached hydrogen (secondary N) is 1. The van der Waals surface area contributed by atoms with Crippen molar-refractivity contribution in [1.29, 1.82) is 0 Å². The molecule has 0 aliphatic heterocycles. The molecule has 0 aliphatic carbocycles. The fraction of sp³-hybridized carbons (Fsp3) is 0.143. The summed E-state index contributed by atoms with van der Waals surface area (Å²) in [6, 6.07) is 6.05. The van der Waals surface area contributed by atoms with Gasteiger partial charge in [0.25, 0.3) is 0 Å². The minimum atomic E-state index is 0.557. The molecule has 3 aromatic rings. The first kappa shape index (κ1) is 13.1. The summed E-state index contributed by atoms with van der Waals surface area (Å²) in [5.41, 5.74) is 9.27. The Morgan fingerprint density at radius 1 is 1.30 bits per heavy atom. The Morgan fingerprint density at radius 2 is 2.25 bits per heavy atom. The lowest BCUT2D eigenvalue weighted by atomic mass is 10.1. The molecular weight excluding hydrogens is 288 g/mol. The fourth-order valence-electron chi connectivity index (χ4n) is 1.97. The topological polar surface area (TPSA) is 63.8 Å². The van der Waals surface area contributed by atoms with E-state index in [1.807, 2.05) is 18.3 Å². The number of nitrogen functional groups attached to an aromatic ring is 1. The predicted octanol–water partition coefficient (Wildman–Crippen LogP) is 3.50. The van der Waals surface area contributed by atoms with Crippen LogP contribution in [0.15, 0.2) is 41.4 Å². The number of hydrogen-bond donors (Lipinski definition) is 2. The van der Waals surface area contributed by atoms with Gasteiger partial charge in [0.1, 0.15) is 10.8 Å². The Labute approximate surface area is 125 Å². The molecule has 0 unspecified atom stereocenters. The van der Waals surface area contributed by atoms with Crippen LogP contribution in [0.4, 0.5) is 10.8 Å². The number of nitrogens with zero attached hydrogens (tertiary/aromatic N) is 2. The van der Waals surface area contributed by atoms with Gasteiger partial charge in [0.15, 0.2) is 0 Å². The third-order valence-corrected chi connectivity index (χ3v) is 4.50. The van der Waals surface area contributed by atoms with E-state index in [0.29, 0.717) is 5.82 Å². The molecule has 0 aromatic carbocycles. The molecule has 0 radical (unpaired) electrons. The smallest absolute Gasteiger partial charge is 0.147 e. The minimum absolute atomic E-state index is 0.557. The number of pyridine rings is 1. The highest BCUT2D eigenvalue weighted by molar-refractivity contribution is 7.11. The second kappa shape index (κ2) is 6.02. The summed E-state index contributed by atoms with van der Waals surface area (Å²) in [5.74, 6) is 0.557. The van der Waals surface area contributed by atoms with Gasteiger partial charge in [0, 0.05) is 24.5 Å². The van der Waals surface area contributed by atoms with Crippen molar-refractivity contribution in [3.8, 4) is 11.1 Å². The molecule has 0 fully saturated rings. The van der Waals surface area contributed by atoms with Gasteiger partial charge >= 0.3 is 0 Å². The van der Waals surface area contributed by atoms with E-state index in [2.05, 4.69) is 31.5 Å². The van der Waals surface area contributed by atoms with Crippen molar-refractivity contribution in [2.45, 2.75) is 6.42 Å². The first-order valence-electron chi connectivity index (χ1n) is 6.25. The van der Waals surface area contributed by atoms with Gasteiger partial charge in [-0.2, -0.15) is 15.7 Å². The van der Waals surface area contributed by atoms with E-state index in [9.17, 15) is 0 Å². The fourth-order valence-corrected chi connectivity index (χ4v) is 3.43. The van der Waals surface area contributed by atoms with Crippen LogP contribution in [0.5, 0.6) is 0 Å². The van der Waals surface area contributed by atoms with Gasteiger partial charge in [0.05, 0.1) is 5.56 Å². The Morgan fingerprint density at radius 3 is 3.00 bits per heavy atom. The Kier molecular flexibility index (Phi) is 3.94. The van der Waals surface area contributed by atoms with Crippen molar-refractivity contribution < 1.29 is 0 Å². The maximum Gasteiger partial charge on any atom is 0.147 e. The highest BCUT2D eigenvalue weighted by Crippen LogP contribution is 2.36. The number of anilines is 2. The summed E-state index contributed by atoms with van der Waals surface area (Å²) in [4.78, 5) is 4.14. The van der Waals surface area contributed by atoms with E-state index in [-0.39, 0.29) is 0 Å². The molecule has 3 aromatic heterocycles. The molecule has 3 rings (SSSR count). The van der Waals surface area contributed by atoms with E-state index < -0.39 is 0 Å². The van der Waals surface area contributed by atoms with Crippen LogP contribution in [0.3, 0.4) is 0 Å². The normalized spacial score (nSPS) is 10.6. The molecule has 0 spiro atoms. The second-order valence-electron chi connectivity index (χ2n) is 4.32. The molecule has 0 aliphatic rings. The van der Waals surface area contributed by atoms with E-state index in [1.165, 1.54) is 17.1 Å². The number of thiophene rings is 1. The maximum absolute atomic E-state index is 5.97. The van der Waals surface area contributed by atoms with Crippen LogP contribution in [-0.4, -0.2) is 15.9 Å². The summed E-state index contributed by atoms with van der Waals surface area (Å²) < 4.78 is 4.24. The minimum Gasteiger partial charge on any atom is -0.382 e. The molecule has 6 heteroatoms. The SMILES string of the molecule is Nc1nsc(NCCc2ccsc2)c1-c1cccnc1. The first-order chi connectivity index (χ1) is 9.84. The van der Waals surface area contributed by atoms with Crippen LogP contribution in [0, 0.1) is 0 Å². The molecule has 0 atom stereocenters. The Balaban J connectivity index is 1.74. The molecule has 4 nitrogen and oxygen atoms in total. The van der Waals surface area contributed by atoms with Crippen LogP contribution in [0.1, 0.15) is 5.56 Å². The molecule has 102 valence electrons. The summed E-state index contributed by atoms with van der Waals surface area (Å²) in [5, 5.41) is 8.70. The average molecular weight is 302 g/mol. The van der Waals surface area contributed by atoms with Crippen LogP contribution in [0.25, 0.3) is 11.1 Å². The van der Waals surface area contributed by atoms with Gasteiger partial charge in [-0.3, -0.25) is 4.98 Å². The lowest BCUT2D eigenvalue weighted by Crippen LogP contribution is -2.04. The number of aromatic nitrogens is 2. The lowest BCUT2D eigenvalue weighted by molar-refractivity contribution is 1.03. The van der Waals surface area contributed by atoms with Crippen LogP contribution in [-0.2, 0) is 6.42 Å². The predicted molar refractivity (Wildman–Crippen MR) is 86.3 cm³/mol. The van der Waals surface area contributed by atoms with Crippen molar-refractivity contribution in [3.05, 3.63) is 46.9 Å². The third-order valence-electron chi connectivity index (χ3n) is 2.95. The van der Waals surface area contributed by atoms with Gasteiger partial charge in [-0.15, -0.1) is 0 Å². The average Bonchev–Trinajstić information content (AvgIpc) is 3.10. The molecule has 0 saturated heterocycles. The quantitative estimate of drug-likeness (QED) is 0.757. The molecule has 20 heavy (non-hydrogen) atoms. The van der Waals surface area contributed by atoms with Crippen molar-refractivity contribution in [1.82, 2.24) is 9.36 Å². The summed E-state index contributed by atoms with van der Waals surface area (Å²) in [7, 11) is 0.